The number of unbranched alkanes of at least 4 members (excludes halogenated alkanes) is 10. The lowest BCUT2D eigenvalue weighted by atomic mass is 9.83. The Kier molecular flexibility index (Phi) is 16.8. The van der Waals surface area contributed by atoms with E-state index in [9.17, 15) is 0 Å². The van der Waals surface area contributed by atoms with E-state index in [1.807, 2.05) is 0 Å². The van der Waals surface area contributed by atoms with Crippen LogP contribution in [0.25, 0.3) is 0 Å². The van der Waals surface area contributed by atoms with Crippen molar-refractivity contribution in [2.75, 3.05) is 7.05 Å². The van der Waals surface area contributed by atoms with E-state index in [0.717, 1.165) is 17.9 Å². The quantitative estimate of drug-likeness (QED) is 0.276. The maximum Gasteiger partial charge on any atom is 0.00922 e. The minimum Gasteiger partial charge on any atom is -0.317 e. The van der Waals surface area contributed by atoms with Gasteiger partial charge in [-0.1, -0.05) is 111 Å². The lowest BCUT2D eigenvalue weighted by molar-refractivity contribution is 0.260. The summed E-state index contributed by atoms with van der Waals surface area (Å²) in [6.45, 7) is 9.52. The Labute approximate surface area is 148 Å². The fourth-order valence-corrected chi connectivity index (χ4v) is 3.72. The second-order valence-electron chi connectivity index (χ2n) is 7.84. The average molecular weight is 326 g/mol. The van der Waals surface area contributed by atoms with Gasteiger partial charge in [0.25, 0.3) is 0 Å². The molecule has 0 radical (unpaired) electrons. The highest BCUT2D eigenvalue weighted by Gasteiger charge is 2.20. The molecule has 0 aromatic heterocycles. The Morgan fingerprint density at radius 3 is 1.57 bits per heavy atom. The highest BCUT2D eigenvalue weighted by atomic mass is 14.9. The monoisotopic (exact) mass is 325 g/mol. The van der Waals surface area contributed by atoms with Gasteiger partial charge < -0.3 is 5.32 Å². The van der Waals surface area contributed by atoms with E-state index in [4.69, 9.17) is 0 Å². The summed E-state index contributed by atoms with van der Waals surface area (Å²) in [7, 11) is 2.16. The van der Waals surface area contributed by atoms with Crippen molar-refractivity contribution in [3.05, 3.63) is 0 Å². The van der Waals surface area contributed by atoms with Crippen LogP contribution < -0.4 is 5.32 Å². The van der Waals surface area contributed by atoms with Gasteiger partial charge in [0.1, 0.15) is 0 Å². The van der Waals surface area contributed by atoms with E-state index in [0.29, 0.717) is 0 Å². The van der Waals surface area contributed by atoms with Crippen LogP contribution in [0.5, 0.6) is 0 Å². The van der Waals surface area contributed by atoms with E-state index >= 15 is 0 Å². The normalized spacial score (nSPS) is 15.5. The number of hydrogen-bond donors (Lipinski definition) is 1. The number of hydrogen-bond acceptors (Lipinski definition) is 1. The first-order valence-electron chi connectivity index (χ1n) is 10.8. The fourth-order valence-electron chi connectivity index (χ4n) is 3.72. The summed E-state index contributed by atoms with van der Waals surface area (Å²) in [4.78, 5) is 0. The van der Waals surface area contributed by atoms with Crippen molar-refractivity contribution in [1.82, 2.24) is 5.32 Å². The summed E-state index contributed by atoms with van der Waals surface area (Å²) in [5.74, 6) is 1.67. The summed E-state index contributed by atoms with van der Waals surface area (Å²) >= 11 is 0. The van der Waals surface area contributed by atoms with Crippen LogP contribution in [0.3, 0.4) is 0 Å². The minimum atomic E-state index is 0.719. The van der Waals surface area contributed by atoms with Gasteiger partial charge in [-0.05, 0) is 25.3 Å². The lowest BCUT2D eigenvalue weighted by Crippen LogP contribution is -2.35. The molecule has 23 heavy (non-hydrogen) atoms. The van der Waals surface area contributed by atoms with Gasteiger partial charge in [-0.15, -0.1) is 0 Å². The van der Waals surface area contributed by atoms with E-state index in [1.165, 1.54) is 89.9 Å². The van der Waals surface area contributed by atoms with Crippen LogP contribution in [0.2, 0.25) is 0 Å². The second kappa shape index (κ2) is 16.8. The highest BCUT2D eigenvalue weighted by molar-refractivity contribution is 4.76. The van der Waals surface area contributed by atoms with Crippen LogP contribution in [0.15, 0.2) is 0 Å². The Bertz CT molecular complexity index is 226. The molecule has 0 heterocycles. The van der Waals surface area contributed by atoms with Crippen LogP contribution in [0.1, 0.15) is 118 Å². The molecule has 0 rings (SSSR count). The Balaban J connectivity index is 3.67. The molecule has 3 atom stereocenters. The summed E-state index contributed by atoms with van der Waals surface area (Å²) < 4.78 is 0. The van der Waals surface area contributed by atoms with Crippen molar-refractivity contribution in [2.24, 2.45) is 11.8 Å². The van der Waals surface area contributed by atoms with E-state index in [-0.39, 0.29) is 0 Å². The van der Waals surface area contributed by atoms with E-state index in [2.05, 4.69) is 40.1 Å². The first-order chi connectivity index (χ1) is 11.2. The van der Waals surface area contributed by atoms with Crippen molar-refractivity contribution in [1.29, 1.82) is 0 Å². The standard InChI is InChI=1S/C22H47N/c1-6-8-10-11-12-13-14-15-17-19-22(23-5)21(4)20(3)18-16-9-7-2/h20-23H,6-19H2,1-5H3. The first kappa shape index (κ1) is 23.0. The second-order valence-corrected chi connectivity index (χ2v) is 7.84. The molecule has 140 valence electrons. The van der Waals surface area contributed by atoms with Gasteiger partial charge in [0, 0.05) is 6.04 Å². The maximum absolute atomic E-state index is 3.60. The van der Waals surface area contributed by atoms with Crippen LogP contribution in [-0.4, -0.2) is 13.1 Å². The zero-order valence-electron chi connectivity index (χ0n) is 17.1. The smallest absolute Gasteiger partial charge is 0.00922 e. The van der Waals surface area contributed by atoms with Crippen molar-refractivity contribution >= 4 is 0 Å². The van der Waals surface area contributed by atoms with Gasteiger partial charge in [0.2, 0.25) is 0 Å². The topological polar surface area (TPSA) is 12.0 Å². The van der Waals surface area contributed by atoms with Gasteiger partial charge in [0.05, 0.1) is 0 Å². The van der Waals surface area contributed by atoms with Crippen molar-refractivity contribution < 1.29 is 0 Å². The lowest BCUT2D eigenvalue weighted by Gasteiger charge is -2.29. The molecule has 0 aliphatic carbocycles. The molecular weight excluding hydrogens is 278 g/mol. The number of nitrogens with one attached hydrogen (secondary N) is 1. The molecular formula is C22H47N. The van der Waals surface area contributed by atoms with Crippen LogP contribution in [-0.2, 0) is 0 Å². The molecule has 0 saturated carbocycles. The molecule has 0 bridgehead atoms. The van der Waals surface area contributed by atoms with Crippen molar-refractivity contribution in [3.8, 4) is 0 Å². The molecule has 0 spiro atoms. The van der Waals surface area contributed by atoms with Crippen molar-refractivity contribution in [2.45, 2.75) is 124 Å². The summed E-state index contributed by atoms with van der Waals surface area (Å²) in [5, 5.41) is 3.60. The van der Waals surface area contributed by atoms with E-state index < -0.39 is 0 Å². The molecule has 0 aliphatic rings. The number of rotatable bonds is 17. The third kappa shape index (κ3) is 13.0. The predicted octanol–water partition coefficient (Wildman–Crippen LogP) is 7.35. The van der Waals surface area contributed by atoms with Crippen LogP contribution in [0.4, 0.5) is 0 Å². The first-order valence-corrected chi connectivity index (χ1v) is 10.8. The van der Waals surface area contributed by atoms with Gasteiger partial charge >= 0.3 is 0 Å². The summed E-state index contributed by atoms with van der Waals surface area (Å²) in [5.41, 5.74) is 0. The Morgan fingerprint density at radius 1 is 0.609 bits per heavy atom. The average Bonchev–Trinajstić information content (AvgIpc) is 2.56. The molecule has 0 saturated heterocycles. The molecule has 0 aromatic carbocycles. The molecule has 0 aliphatic heterocycles. The fraction of sp³-hybridized carbons (Fsp3) is 1.00. The Morgan fingerprint density at radius 2 is 1.04 bits per heavy atom. The SMILES string of the molecule is CCCCCCCCCCCC(NC)C(C)C(C)CCCCC. The third-order valence-electron chi connectivity index (χ3n) is 5.78. The molecule has 3 unspecified atom stereocenters. The molecule has 1 N–H and O–H groups in total. The molecule has 0 aromatic rings. The summed E-state index contributed by atoms with van der Waals surface area (Å²) in [6.07, 6.45) is 19.8. The summed E-state index contributed by atoms with van der Waals surface area (Å²) in [6, 6.07) is 0.719. The molecule has 1 nitrogen and oxygen atoms in total. The van der Waals surface area contributed by atoms with Crippen molar-refractivity contribution in [3.63, 3.8) is 0 Å². The van der Waals surface area contributed by atoms with E-state index in [1.54, 1.807) is 0 Å². The minimum absolute atomic E-state index is 0.719. The van der Waals surface area contributed by atoms with Crippen LogP contribution in [0, 0.1) is 11.8 Å². The predicted molar refractivity (Wildman–Crippen MR) is 107 cm³/mol. The Hall–Kier alpha value is -0.0400. The van der Waals surface area contributed by atoms with Crippen LogP contribution >= 0.6 is 0 Å². The van der Waals surface area contributed by atoms with Gasteiger partial charge in [0.15, 0.2) is 0 Å². The molecule has 0 amide bonds. The van der Waals surface area contributed by atoms with Gasteiger partial charge in [-0.25, -0.2) is 0 Å². The molecule has 0 fully saturated rings. The maximum atomic E-state index is 3.60. The zero-order chi connectivity index (χ0) is 17.3. The largest absolute Gasteiger partial charge is 0.317 e. The van der Waals surface area contributed by atoms with Gasteiger partial charge in [-0.2, -0.15) is 0 Å². The highest BCUT2D eigenvalue weighted by Crippen LogP contribution is 2.24. The van der Waals surface area contributed by atoms with Gasteiger partial charge in [-0.3, -0.25) is 0 Å². The zero-order valence-corrected chi connectivity index (χ0v) is 17.1. The molecule has 1 heteroatoms. The third-order valence-corrected chi connectivity index (χ3v) is 5.78.